The minimum absolute atomic E-state index is 0.127. The van der Waals surface area contributed by atoms with Crippen molar-refractivity contribution >= 4 is 23.0 Å². The van der Waals surface area contributed by atoms with Crippen molar-refractivity contribution in [3.8, 4) is 5.75 Å². The fourth-order valence-electron chi connectivity index (χ4n) is 7.75. The van der Waals surface area contributed by atoms with E-state index in [-0.39, 0.29) is 11.3 Å². The Morgan fingerprint density at radius 1 is 1.19 bits per heavy atom. The van der Waals surface area contributed by atoms with Crippen LogP contribution in [0.4, 0.5) is 0 Å². The molecule has 2 saturated carbocycles. The van der Waals surface area contributed by atoms with Crippen LogP contribution in [-0.2, 0) is 22.4 Å². The highest BCUT2D eigenvalue weighted by Gasteiger charge is 2.58. The average Bonchev–Trinajstić information content (AvgIpc) is 3.49. The Kier molecular flexibility index (Phi) is 7.85. The number of nitrogens with one attached hydrogen (secondary N) is 1. The summed E-state index contributed by atoms with van der Waals surface area (Å²) in [5.74, 6) is 3.87. The number of benzene rings is 1. The van der Waals surface area contributed by atoms with E-state index < -0.39 is 0 Å². The standard InChI is InChI=1S/C31H41NO3S/c1-31-16-14-26-25-13-11-23(35-2)19-21(25)10-12-27(26)30(31)22(20-28(31)33)7-4-3-5-9-29(34)32-17-15-24-8-6-18-36-24/h6,8,11,13,18-19,22,26-27,30H,3-5,7,9-10,12,14-17,20H2,1-2H3,(H,32,34)/t22-,26-,27-,30+,31-/m1/s1. The van der Waals surface area contributed by atoms with Gasteiger partial charge in [-0.25, -0.2) is 0 Å². The maximum atomic E-state index is 13.2. The first-order valence-corrected chi connectivity index (χ1v) is 14.9. The lowest BCUT2D eigenvalue weighted by molar-refractivity contribution is -0.129. The Labute approximate surface area is 220 Å². The number of amides is 1. The number of rotatable bonds is 10. The lowest BCUT2D eigenvalue weighted by Gasteiger charge is -2.50. The lowest BCUT2D eigenvalue weighted by atomic mass is 9.54. The van der Waals surface area contributed by atoms with Crippen LogP contribution in [0.3, 0.4) is 0 Å². The summed E-state index contributed by atoms with van der Waals surface area (Å²) in [5.41, 5.74) is 2.84. The first-order chi connectivity index (χ1) is 17.5. The zero-order valence-electron chi connectivity index (χ0n) is 21.9. The molecule has 0 aliphatic heterocycles. The number of carbonyl (C=O) groups excluding carboxylic acids is 2. The van der Waals surface area contributed by atoms with Crippen LogP contribution in [0.15, 0.2) is 35.7 Å². The van der Waals surface area contributed by atoms with E-state index in [0.29, 0.717) is 35.9 Å². The molecule has 1 N–H and O–H groups in total. The summed E-state index contributed by atoms with van der Waals surface area (Å²) in [6.07, 6.45) is 11.0. The largest absolute Gasteiger partial charge is 0.497 e. The highest BCUT2D eigenvalue weighted by molar-refractivity contribution is 7.09. The molecule has 1 amide bonds. The van der Waals surface area contributed by atoms with Crippen LogP contribution in [0.25, 0.3) is 0 Å². The summed E-state index contributed by atoms with van der Waals surface area (Å²) in [4.78, 5) is 26.8. The molecule has 2 aromatic rings. The topological polar surface area (TPSA) is 55.4 Å². The van der Waals surface area contributed by atoms with Gasteiger partial charge in [-0.1, -0.05) is 31.9 Å². The van der Waals surface area contributed by atoms with Crippen LogP contribution in [0, 0.1) is 23.2 Å². The third-order valence-corrected chi connectivity index (χ3v) is 10.5. The summed E-state index contributed by atoms with van der Waals surface area (Å²) in [5, 5.41) is 5.14. The molecule has 0 radical (unpaired) electrons. The molecule has 0 spiro atoms. The number of hydrogen-bond donors (Lipinski definition) is 1. The molecule has 1 heterocycles. The SMILES string of the molecule is COc1ccc2c(c1)CC[C@H]1[C@@H]3[C@H](CCCCCC(=O)NCCc4cccs4)CC(=O)[C@@]3(C)CC[C@H]21. The summed E-state index contributed by atoms with van der Waals surface area (Å²) >= 11 is 1.74. The molecule has 5 atom stereocenters. The predicted molar refractivity (Wildman–Crippen MR) is 146 cm³/mol. The van der Waals surface area contributed by atoms with Gasteiger partial charge in [-0.2, -0.15) is 0 Å². The maximum absolute atomic E-state index is 13.2. The van der Waals surface area contributed by atoms with Gasteiger partial charge in [-0.3, -0.25) is 9.59 Å². The second-order valence-electron chi connectivity index (χ2n) is 11.5. The van der Waals surface area contributed by atoms with Crippen molar-refractivity contribution in [2.45, 2.75) is 83.5 Å². The van der Waals surface area contributed by atoms with Crippen molar-refractivity contribution in [2.75, 3.05) is 13.7 Å². The number of hydrogen-bond acceptors (Lipinski definition) is 4. The van der Waals surface area contributed by atoms with Gasteiger partial charge >= 0.3 is 0 Å². The Morgan fingerprint density at radius 2 is 2.08 bits per heavy atom. The second-order valence-corrected chi connectivity index (χ2v) is 12.6. The number of fused-ring (bicyclic) bond motifs is 5. The molecular weight excluding hydrogens is 466 g/mol. The fraction of sp³-hybridized carbons (Fsp3) is 0.613. The van der Waals surface area contributed by atoms with E-state index in [1.807, 2.05) is 0 Å². The molecular formula is C31H41NO3S. The summed E-state index contributed by atoms with van der Waals surface area (Å²) < 4.78 is 5.48. The van der Waals surface area contributed by atoms with Crippen molar-refractivity contribution in [1.82, 2.24) is 5.32 Å². The molecule has 5 rings (SSSR count). The summed E-state index contributed by atoms with van der Waals surface area (Å²) in [6.45, 7) is 3.00. The van der Waals surface area contributed by atoms with Crippen molar-refractivity contribution in [1.29, 1.82) is 0 Å². The molecule has 3 aliphatic rings. The van der Waals surface area contributed by atoms with Gasteiger partial charge in [0.15, 0.2) is 0 Å². The molecule has 4 nitrogen and oxygen atoms in total. The summed E-state index contributed by atoms with van der Waals surface area (Å²) in [7, 11) is 1.74. The zero-order chi connectivity index (χ0) is 25.1. The lowest BCUT2D eigenvalue weighted by Crippen LogP contribution is -2.44. The third kappa shape index (κ3) is 5.14. The molecule has 0 unspecified atom stereocenters. The van der Waals surface area contributed by atoms with Crippen LogP contribution < -0.4 is 10.1 Å². The smallest absolute Gasteiger partial charge is 0.220 e. The predicted octanol–water partition coefficient (Wildman–Crippen LogP) is 6.72. The monoisotopic (exact) mass is 507 g/mol. The highest BCUT2D eigenvalue weighted by atomic mass is 32.1. The van der Waals surface area contributed by atoms with Crippen LogP contribution in [0.1, 0.15) is 86.6 Å². The van der Waals surface area contributed by atoms with Crippen molar-refractivity contribution in [2.24, 2.45) is 23.2 Å². The molecule has 3 aliphatic carbocycles. The van der Waals surface area contributed by atoms with E-state index in [2.05, 4.69) is 48.0 Å². The van der Waals surface area contributed by atoms with E-state index in [0.717, 1.165) is 70.1 Å². The van der Waals surface area contributed by atoms with Gasteiger partial charge in [0.05, 0.1) is 7.11 Å². The van der Waals surface area contributed by atoms with E-state index in [1.54, 1.807) is 18.4 Å². The number of aryl methyl sites for hydroxylation is 1. The Balaban J connectivity index is 1.12. The van der Waals surface area contributed by atoms with Gasteiger partial charge in [0, 0.05) is 29.7 Å². The normalized spacial score (nSPS) is 28.8. The van der Waals surface area contributed by atoms with Crippen molar-refractivity contribution in [3.63, 3.8) is 0 Å². The number of carbonyl (C=O) groups is 2. The van der Waals surface area contributed by atoms with Crippen molar-refractivity contribution in [3.05, 3.63) is 51.7 Å². The number of Topliss-reactive ketones (excluding diaryl/α,β-unsaturated/α-hetero) is 1. The molecule has 2 fully saturated rings. The quantitative estimate of drug-likeness (QED) is 0.363. The zero-order valence-corrected chi connectivity index (χ0v) is 22.7. The first kappa shape index (κ1) is 25.5. The number of thiophene rings is 1. The first-order valence-electron chi connectivity index (χ1n) is 14.0. The number of methoxy groups -OCH3 is 1. The molecule has 0 bridgehead atoms. The van der Waals surface area contributed by atoms with Crippen LogP contribution in [-0.4, -0.2) is 25.3 Å². The van der Waals surface area contributed by atoms with Gasteiger partial charge in [0.1, 0.15) is 11.5 Å². The molecule has 5 heteroatoms. The van der Waals surface area contributed by atoms with Gasteiger partial charge in [-0.05, 0) is 103 Å². The Morgan fingerprint density at radius 3 is 2.89 bits per heavy atom. The molecule has 194 valence electrons. The van der Waals surface area contributed by atoms with E-state index in [1.165, 1.54) is 22.4 Å². The van der Waals surface area contributed by atoms with Gasteiger partial charge < -0.3 is 10.1 Å². The molecule has 1 aromatic carbocycles. The number of unbranched alkanes of at least 4 members (excludes halogenated alkanes) is 2. The van der Waals surface area contributed by atoms with Crippen LogP contribution in [0.2, 0.25) is 0 Å². The van der Waals surface area contributed by atoms with Crippen molar-refractivity contribution < 1.29 is 14.3 Å². The fourth-order valence-corrected chi connectivity index (χ4v) is 8.46. The van der Waals surface area contributed by atoms with Crippen LogP contribution in [0.5, 0.6) is 5.75 Å². The van der Waals surface area contributed by atoms with Gasteiger partial charge in [0.25, 0.3) is 0 Å². The van der Waals surface area contributed by atoms with Gasteiger partial charge in [0.2, 0.25) is 5.91 Å². The number of ketones is 1. The maximum Gasteiger partial charge on any atom is 0.220 e. The van der Waals surface area contributed by atoms with Crippen LogP contribution >= 0.6 is 11.3 Å². The van der Waals surface area contributed by atoms with E-state index in [9.17, 15) is 9.59 Å². The Bertz CT molecular complexity index is 1060. The third-order valence-electron chi connectivity index (χ3n) is 9.53. The second kappa shape index (κ2) is 11.1. The Hall–Kier alpha value is -2.14. The van der Waals surface area contributed by atoms with Gasteiger partial charge in [-0.15, -0.1) is 11.3 Å². The van der Waals surface area contributed by atoms with E-state index in [4.69, 9.17) is 4.74 Å². The highest BCUT2D eigenvalue weighted by Crippen LogP contribution is 2.62. The average molecular weight is 508 g/mol. The summed E-state index contributed by atoms with van der Waals surface area (Å²) in [6, 6.07) is 10.8. The molecule has 1 aromatic heterocycles. The number of ether oxygens (including phenoxy) is 1. The molecule has 36 heavy (non-hydrogen) atoms. The minimum atomic E-state index is -0.127. The minimum Gasteiger partial charge on any atom is -0.497 e. The molecule has 0 saturated heterocycles. The van der Waals surface area contributed by atoms with E-state index >= 15 is 0 Å².